The summed E-state index contributed by atoms with van der Waals surface area (Å²) < 4.78 is 0. The van der Waals surface area contributed by atoms with Crippen molar-refractivity contribution in [3.63, 3.8) is 0 Å². The molecule has 0 fully saturated rings. The maximum Gasteiger partial charge on any atom is 0.0681 e. The molecule has 0 unspecified atom stereocenters. The zero-order valence-corrected chi connectivity index (χ0v) is 19.8. The first-order chi connectivity index (χ1) is 15.2. The maximum atomic E-state index is 8.54. The van der Waals surface area contributed by atoms with Gasteiger partial charge in [0.1, 0.15) is 0 Å². The van der Waals surface area contributed by atoms with Crippen molar-refractivity contribution >= 4 is 0 Å². The SMILES string of the molecule is OCc1ccccc1.OCc1ccccc1.OCc1ccccc1.[CH2-]c1ccccc1.[Ti]. The minimum Gasteiger partial charge on any atom is -0.392 e. The number of aliphatic hydroxyl groups excluding tert-OH is 3. The molecule has 0 saturated heterocycles. The van der Waals surface area contributed by atoms with Crippen LogP contribution in [-0.4, -0.2) is 15.3 Å². The molecule has 0 bridgehead atoms. The summed E-state index contributed by atoms with van der Waals surface area (Å²) in [5, 5.41) is 25.6. The van der Waals surface area contributed by atoms with Crippen LogP contribution in [0.3, 0.4) is 0 Å². The number of hydrogen-bond donors (Lipinski definition) is 3. The normalized spacial score (nSPS) is 8.72. The van der Waals surface area contributed by atoms with E-state index in [0.29, 0.717) is 0 Å². The molecule has 0 aliphatic rings. The van der Waals surface area contributed by atoms with Crippen LogP contribution in [0.4, 0.5) is 0 Å². The van der Waals surface area contributed by atoms with Crippen molar-refractivity contribution < 1.29 is 37.0 Å². The average Bonchev–Trinajstić information content (AvgIpc) is 2.87. The third kappa shape index (κ3) is 15.2. The van der Waals surface area contributed by atoms with Crippen LogP contribution in [0.2, 0.25) is 0 Å². The molecule has 0 atom stereocenters. The molecule has 32 heavy (non-hydrogen) atoms. The monoisotopic (exact) mass is 463 g/mol. The Bertz CT molecular complexity index is 793. The summed E-state index contributed by atoms with van der Waals surface area (Å²) in [6.07, 6.45) is 0. The predicted octanol–water partition coefficient (Wildman–Crippen LogP) is 5.40. The topological polar surface area (TPSA) is 60.7 Å². The number of rotatable bonds is 3. The van der Waals surface area contributed by atoms with Gasteiger partial charge in [0.15, 0.2) is 0 Å². The van der Waals surface area contributed by atoms with Crippen LogP contribution in [0, 0.1) is 6.92 Å². The first-order valence-electron chi connectivity index (χ1n) is 10.0. The second kappa shape index (κ2) is 20.3. The van der Waals surface area contributed by atoms with Gasteiger partial charge in [-0.2, -0.15) is 24.6 Å². The third-order valence-corrected chi connectivity index (χ3v) is 3.92. The minimum absolute atomic E-state index is 0. The molecule has 4 heteroatoms. The quantitative estimate of drug-likeness (QED) is 0.282. The van der Waals surface area contributed by atoms with Crippen molar-refractivity contribution in [2.45, 2.75) is 19.8 Å². The van der Waals surface area contributed by atoms with Gasteiger partial charge in [0.25, 0.3) is 0 Å². The van der Waals surface area contributed by atoms with E-state index in [2.05, 4.69) is 6.92 Å². The number of benzene rings is 4. The van der Waals surface area contributed by atoms with Crippen LogP contribution < -0.4 is 0 Å². The van der Waals surface area contributed by atoms with Crippen LogP contribution in [0.5, 0.6) is 0 Å². The Balaban J connectivity index is 0.000000397. The average molecular weight is 463 g/mol. The summed E-state index contributed by atoms with van der Waals surface area (Å²) in [5.74, 6) is 0. The summed E-state index contributed by atoms with van der Waals surface area (Å²) in [6, 6.07) is 38.4. The molecule has 4 aromatic carbocycles. The molecule has 3 nitrogen and oxygen atoms in total. The van der Waals surface area contributed by atoms with E-state index in [9.17, 15) is 0 Å². The fourth-order valence-electron chi connectivity index (χ4n) is 2.23. The van der Waals surface area contributed by atoms with E-state index < -0.39 is 0 Å². The fourth-order valence-corrected chi connectivity index (χ4v) is 2.23. The van der Waals surface area contributed by atoms with E-state index in [4.69, 9.17) is 15.3 Å². The van der Waals surface area contributed by atoms with Crippen LogP contribution in [0.15, 0.2) is 121 Å². The molecule has 0 aliphatic carbocycles. The first kappa shape index (κ1) is 29.3. The van der Waals surface area contributed by atoms with Crippen molar-refractivity contribution in [3.05, 3.63) is 151 Å². The molecule has 0 saturated carbocycles. The Labute approximate surface area is 206 Å². The van der Waals surface area contributed by atoms with Gasteiger partial charge in [0, 0.05) is 21.7 Å². The predicted molar refractivity (Wildman–Crippen MR) is 128 cm³/mol. The molecule has 0 heterocycles. The Kier molecular flexibility index (Phi) is 18.6. The Morgan fingerprint density at radius 3 is 0.750 bits per heavy atom. The fraction of sp³-hybridized carbons (Fsp3) is 0.107. The van der Waals surface area contributed by atoms with Crippen molar-refractivity contribution in [2.75, 3.05) is 0 Å². The van der Waals surface area contributed by atoms with Crippen molar-refractivity contribution in [2.24, 2.45) is 0 Å². The van der Waals surface area contributed by atoms with E-state index in [-0.39, 0.29) is 41.5 Å². The Morgan fingerprint density at radius 1 is 0.406 bits per heavy atom. The van der Waals surface area contributed by atoms with E-state index in [1.165, 1.54) is 0 Å². The van der Waals surface area contributed by atoms with Gasteiger partial charge in [0.05, 0.1) is 19.8 Å². The van der Waals surface area contributed by atoms with Crippen molar-refractivity contribution in [1.82, 2.24) is 0 Å². The first-order valence-corrected chi connectivity index (χ1v) is 10.0. The number of aliphatic hydroxyl groups is 3. The summed E-state index contributed by atoms with van der Waals surface area (Å²) in [6.45, 7) is 4.14. The molecular weight excluding hydrogens is 432 g/mol. The van der Waals surface area contributed by atoms with Crippen molar-refractivity contribution in [3.8, 4) is 0 Å². The standard InChI is InChI=1S/3C7H8O.C7H7.Ti/c3*8-6-7-4-2-1-3-5-7;1-7-5-3-2-4-6-7;/h3*1-5,8H,6H2;2-6H,1H2;/q;;;-1;. The van der Waals surface area contributed by atoms with E-state index >= 15 is 0 Å². The Morgan fingerprint density at radius 2 is 0.625 bits per heavy atom. The van der Waals surface area contributed by atoms with Gasteiger partial charge in [-0.3, -0.25) is 0 Å². The largest absolute Gasteiger partial charge is 0.392 e. The molecular formula is C28H31O3Ti-. The third-order valence-electron chi connectivity index (χ3n) is 3.92. The van der Waals surface area contributed by atoms with Crippen LogP contribution in [0.1, 0.15) is 22.3 Å². The molecule has 166 valence electrons. The van der Waals surface area contributed by atoms with Gasteiger partial charge >= 0.3 is 0 Å². The smallest absolute Gasteiger partial charge is 0.0681 e. The molecule has 0 aromatic heterocycles. The minimum atomic E-state index is 0. The van der Waals surface area contributed by atoms with Gasteiger partial charge in [-0.25, -0.2) is 0 Å². The summed E-state index contributed by atoms with van der Waals surface area (Å²) in [4.78, 5) is 0. The molecule has 0 radical (unpaired) electrons. The van der Waals surface area contributed by atoms with E-state index in [1.54, 1.807) is 0 Å². The molecule has 3 N–H and O–H groups in total. The zero-order valence-electron chi connectivity index (χ0n) is 18.2. The Hall–Kier alpha value is -2.66. The molecule has 4 rings (SSSR count). The van der Waals surface area contributed by atoms with Gasteiger partial charge in [-0.1, -0.05) is 97.1 Å². The van der Waals surface area contributed by atoms with Gasteiger partial charge < -0.3 is 15.3 Å². The van der Waals surface area contributed by atoms with E-state index in [0.717, 1.165) is 22.3 Å². The zero-order chi connectivity index (χ0) is 22.6. The second-order valence-electron chi connectivity index (χ2n) is 6.42. The summed E-state index contributed by atoms with van der Waals surface area (Å²) in [5.41, 5.74) is 3.97. The van der Waals surface area contributed by atoms with E-state index in [1.807, 2.05) is 121 Å². The molecule has 0 spiro atoms. The number of hydrogen-bond acceptors (Lipinski definition) is 3. The van der Waals surface area contributed by atoms with Crippen LogP contribution in [0.25, 0.3) is 0 Å². The van der Waals surface area contributed by atoms with Crippen molar-refractivity contribution in [1.29, 1.82) is 0 Å². The molecule has 0 aliphatic heterocycles. The summed E-state index contributed by atoms with van der Waals surface area (Å²) in [7, 11) is 0. The maximum absolute atomic E-state index is 8.54. The van der Waals surface area contributed by atoms with Crippen LogP contribution in [-0.2, 0) is 41.5 Å². The molecule has 4 aromatic rings. The van der Waals surface area contributed by atoms with Crippen LogP contribution >= 0.6 is 0 Å². The molecule has 0 amide bonds. The summed E-state index contributed by atoms with van der Waals surface area (Å²) >= 11 is 0. The van der Waals surface area contributed by atoms with Gasteiger partial charge in [-0.05, 0) is 16.7 Å². The van der Waals surface area contributed by atoms with Gasteiger partial charge in [0.2, 0.25) is 0 Å². The van der Waals surface area contributed by atoms with Gasteiger partial charge in [-0.15, -0.1) is 12.1 Å². The second-order valence-corrected chi connectivity index (χ2v) is 6.42.